The van der Waals surface area contributed by atoms with E-state index in [0.29, 0.717) is 12.1 Å². The van der Waals surface area contributed by atoms with E-state index in [1.807, 2.05) is 0 Å². The van der Waals surface area contributed by atoms with Gasteiger partial charge in [0, 0.05) is 0 Å². The summed E-state index contributed by atoms with van der Waals surface area (Å²) in [7, 11) is 0. The van der Waals surface area contributed by atoms with Gasteiger partial charge in [0.15, 0.2) is 0 Å². The SMILES string of the molecule is O=CN=Nc1cc[c]cc1. The van der Waals surface area contributed by atoms with Crippen LogP contribution >= 0.6 is 0 Å². The average Bonchev–Trinajstić information content (AvgIpc) is 2.03. The van der Waals surface area contributed by atoms with Crippen molar-refractivity contribution in [2.24, 2.45) is 10.2 Å². The molecule has 0 spiro atoms. The van der Waals surface area contributed by atoms with Gasteiger partial charge >= 0.3 is 0 Å². The lowest BCUT2D eigenvalue weighted by Gasteiger charge is -1.84. The highest BCUT2D eigenvalue weighted by atomic mass is 16.1. The first-order valence-corrected chi connectivity index (χ1v) is 2.74. The molecular formula is C7H5N2O. The second kappa shape index (κ2) is 3.50. The second-order valence-corrected chi connectivity index (χ2v) is 1.58. The van der Waals surface area contributed by atoms with Crippen LogP contribution in [0.15, 0.2) is 34.5 Å². The summed E-state index contributed by atoms with van der Waals surface area (Å²) < 4.78 is 0. The predicted molar refractivity (Wildman–Crippen MR) is 35.9 cm³/mol. The molecule has 1 amide bonds. The maximum Gasteiger partial charge on any atom is 0.252 e. The summed E-state index contributed by atoms with van der Waals surface area (Å²) in [6.45, 7) is 0. The van der Waals surface area contributed by atoms with Gasteiger partial charge in [0.05, 0.1) is 5.69 Å². The van der Waals surface area contributed by atoms with Gasteiger partial charge in [-0.25, -0.2) is 0 Å². The molecule has 10 heavy (non-hydrogen) atoms. The molecular weight excluding hydrogens is 128 g/mol. The van der Waals surface area contributed by atoms with Gasteiger partial charge in [-0.05, 0) is 18.2 Å². The summed E-state index contributed by atoms with van der Waals surface area (Å²) in [5.74, 6) is 0. The number of azo groups is 1. The van der Waals surface area contributed by atoms with Crippen LogP contribution in [0.2, 0.25) is 0 Å². The van der Waals surface area contributed by atoms with Gasteiger partial charge in [-0.3, -0.25) is 4.79 Å². The van der Waals surface area contributed by atoms with E-state index in [2.05, 4.69) is 16.3 Å². The normalized spacial score (nSPS) is 10.0. The lowest BCUT2D eigenvalue weighted by Crippen LogP contribution is -1.61. The zero-order valence-electron chi connectivity index (χ0n) is 5.19. The molecule has 0 atom stereocenters. The Morgan fingerprint density at radius 3 is 2.70 bits per heavy atom. The lowest BCUT2D eigenvalue weighted by molar-refractivity contribution is -0.107. The van der Waals surface area contributed by atoms with E-state index in [1.165, 1.54) is 0 Å². The Morgan fingerprint density at radius 2 is 2.10 bits per heavy atom. The first-order chi connectivity index (χ1) is 4.93. The van der Waals surface area contributed by atoms with Crippen molar-refractivity contribution in [1.82, 2.24) is 0 Å². The van der Waals surface area contributed by atoms with Crippen LogP contribution in [0.25, 0.3) is 0 Å². The maximum absolute atomic E-state index is 9.71. The number of benzene rings is 1. The fraction of sp³-hybridized carbons (Fsp3) is 0. The molecule has 1 aromatic carbocycles. The maximum atomic E-state index is 9.71. The van der Waals surface area contributed by atoms with Crippen molar-refractivity contribution in [2.45, 2.75) is 0 Å². The highest BCUT2D eigenvalue weighted by Gasteiger charge is 1.81. The standard InChI is InChI=1S/C7H5N2O/c10-6-8-9-7-4-2-1-3-5-7/h2-6H. The smallest absolute Gasteiger partial charge is 0.252 e. The number of rotatable bonds is 2. The van der Waals surface area contributed by atoms with Crippen LogP contribution < -0.4 is 0 Å². The van der Waals surface area contributed by atoms with Crippen molar-refractivity contribution < 1.29 is 4.79 Å². The largest absolute Gasteiger partial charge is 0.275 e. The quantitative estimate of drug-likeness (QED) is 0.447. The topological polar surface area (TPSA) is 41.8 Å². The van der Waals surface area contributed by atoms with E-state index >= 15 is 0 Å². The summed E-state index contributed by atoms with van der Waals surface area (Å²) >= 11 is 0. The molecule has 1 aromatic rings. The summed E-state index contributed by atoms with van der Waals surface area (Å²) in [5.41, 5.74) is 0.658. The summed E-state index contributed by atoms with van der Waals surface area (Å²) in [6, 6.07) is 9.66. The first-order valence-electron chi connectivity index (χ1n) is 2.74. The van der Waals surface area contributed by atoms with Crippen LogP contribution in [0.4, 0.5) is 5.69 Å². The molecule has 0 aromatic heterocycles. The van der Waals surface area contributed by atoms with Gasteiger partial charge in [0.1, 0.15) is 0 Å². The van der Waals surface area contributed by atoms with E-state index in [-0.39, 0.29) is 0 Å². The second-order valence-electron chi connectivity index (χ2n) is 1.58. The molecule has 0 bridgehead atoms. The van der Waals surface area contributed by atoms with Gasteiger partial charge in [-0.2, -0.15) is 0 Å². The van der Waals surface area contributed by atoms with Gasteiger partial charge in [0.25, 0.3) is 6.41 Å². The lowest BCUT2D eigenvalue weighted by atomic mass is 10.3. The Hall–Kier alpha value is -1.51. The molecule has 1 radical (unpaired) electrons. The van der Waals surface area contributed by atoms with Gasteiger partial charge in [0.2, 0.25) is 0 Å². The van der Waals surface area contributed by atoms with E-state index in [4.69, 9.17) is 0 Å². The Labute approximate surface area is 58.4 Å². The monoisotopic (exact) mass is 133 g/mol. The van der Waals surface area contributed by atoms with E-state index in [9.17, 15) is 4.79 Å². The van der Waals surface area contributed by atoms with Crippen LogP contribution in [0.1, 0.15) is 0 Å². The van der Waals surface area contributed by atoms with Crippen LogP contribution in [0.3, 0.4) is 0 Å². The number of hydrogen-bond donors (Lipinski definition) is 0. The van der Waals surface area contributed by atoms with Crippen molar-refractivity contribution >= 4 is 12.1 Å². The number of amides is 1. The Morgan fingerprint density at radius 1 is 1.40 bits per heavy atom. The Kier molecular flexibility index (Phi) is 2.31. The molecule has 0 aliphatic carbocycles. The molecule has 0 aliphatic heterocycles. The van der Waals surface area contributed by atoms with Gasteiger partial charge in [-0.1, -0.05) is 12.1 Å². The molecule has 0 N–H and O–H groups in total. The third kappa shape index (κ3) is 1.78. The molecule has 0 saturated heterocycles. The molecule has 0 unspecified atom stereocenters. The molecule has 3 heteroatoms. The van der Waals surface area contributed by atoms with Gasteiger partial charge in [-0.15, -0.1) is 10.2 Å². The third-order valence-electron chi connectivity index (χ3n) is 0.921. The highest BCUT2D eigenvalue weighted by molar-refractivity contribution is 5.47. The molecule has 0 saturated carbocycles. The van der Waals surface area contributed by atoms with Crippen molar-refractivity contribution in [2.75, 3.05) is 0 Å². The van der Waals surface area contributed by atoms with Crippen LogP contribution in [-0.2, 0) is 4.79 Å². The van der Waals surface area contributed by atoms with E-state index in [0.717, 1.165) is 0 Å². The molecule has 1 rings (SSSR count). The van der Waals surface area contributed by atoms with Crippen LogP contribution in [-0.4, -0.2) is 6.41 Å². The average molecular weight is 133 g/mol. The van der Waals surface area contributed by atoms with Gasteiger partial charge < -0.3 is 0 Å². The minimum Gasteiger partial charge on any atom is -0.275 e. The molecule has 0 fully saturated rings. The summed E-state index contributed by atoms with van der Waals surface area (Å²) in [4.78, 5) is 9.71. The number of carbonyl (C=O) groups excluding carboxylic acids is 1. The minimum absolute atomic E-state index is 0.400. The zero-order chi connectivity index (χ0) is 7.23. The fourth-order valence-electron chi connectivity index (χ4n) is 0.535. The molecule has 0 heterocycles. The van der Waals surface area contributed by atoms with Crippen molar-refractivity contribution in [1.29, 1.82) is 0 Å². The van der Waals surface area contributed by atoms with E-state index < -0.39 is 0 Å². The number of carbonyl (C=O) groups is 1. The van der Waals surface area contributed by atoms with Crippen molar-refractivity contribution in [3.8, 4) is 0 Å². The third-order valence-corrected chi connectivity index (χ3v) is 0.921. The van der Waals surface area contributed by atoms with Crippen LogP contribution in [0.5, 0.6) is 0 Å². The minimum atomic E-state index is 0.400. The van der Waals surface area contributed by atoms with Crippen molar-refractivity contribution in [3.05, 3.63) is 30.3 Å². The summed E-state index contributed by atoms with van der Waals surface area (Å²) in [6.07, 6.45) is 0.400. The Balaban J connectivity index is 2.76. The highest BCUT2D eigenvalue weighted by Crippen LogP contribution is 2.08. The molecule has 49 valence electrons. The molecule has 0 aliphatic rings. The summed E-state index contributed by atoms with van der Waals surface area (Å²) in [5, 5.41) is 6.73. The number of nitrogens with zero attached hydrogens (tertiary/aromatic N) is 2. The predicted octanol–water partition coefficient (Wildman–Crippen LogP) is 1.73. The first kappa shape index (κ1) is 6.61. The Bertz CT molecular complexity index is 231. The molecule has 3 nitrogen and oxygen atoms in total. The number of hydrogen-bond acceptors (Lipinski definition) is 2. The van der Waals surface area contributed by atoms with Crippen molar-refractivity contribution in [3.63, 3.8) is 0 Å². The zero-order valence-corrected chi connectivity index (χ0v) is 5.19. The van der Waals surface area contributed by atoms with Crippen LogP contribution in [0, 0.1) is 6.07 Å². The van der Waals surface area contributed by atoms with E-state index in [1.54, 1.807) is 24.3 Å². The fourth-order valence-corrected chi connectivity index (χ4v) is 0.535.